The van der Waals surface area contributed by atoms with Crippen LogP contribution in [0.2, 0.25) is 10.0 Å². The van der Waals surface area contributed by atoms with Gasteiger partial charge in [0.05, 0.1) is 27.7 Å². The van der Waals surface area contributed by atoms with Crippen LogP contribution in [0.5, 0.6) is 0 Å². The topological polar surface area (TPSA) is 66.5 Å². The van der Waals surface area contributed by atoms with Crippen LogP contribution in [0.4, 0.5) is 5.69 Å². The molecule has 0 fully saturated rings. The lowest BCUT2D eigenvalue weighted by atomic mass is 10.1. The van der Waals surface area contributed by atoms with Gasteiger partial charge in [-0.3, -0.25) is 9.10 Å². The Labute approximate surface area is 198 Å². The van der Waals surface area contributed by atoms with E-state index in [0.29, 0.717) is 23.7 Å². The van der Waals surface area contributed by atoms with E-state index < -0.39 is 15.9 Å². The molecule has 0 aliphatic heterocycles. The molecular formula is C24H22Cl2N2O3S. The van der Waals surface area contributed by atoms with Crippen molar-refractivity contribution in [1.82, 2.24) is 5.32 Å². The summed E-state index contributed by atoms with van der Waals surface area (Å²) >= 11 is 12.1. The molecule has 32 heavy (non-hydrogen) atoms. The molecule has 166 valence electrons. The number of halogens is 2. The summed E-state index contributed by atoms with van der Waals surface area (Å²) in [7, 11) is -3.95. The summed E-state index contributed by atoms with van der Waals surface area (Å²) in [5.74, 6) is -0.448. The number of para-hydroxylation sites is 1. The molecule has 0 saturated carbocycles. The zero-order chi connectivity index (χ0) is 23.1. The van der Waals surface area contributed by atoms with Gasteiger partial charge in [0.25, 0.3) is 15.9 Å². The van der Waals surface area contributed by atoms with Gasteiger partial charge in [-0.25, -0.2) is 8.42 Å². The molecule has 3 rings (SSSR count). The maximum atomic E-state index is 13.3. The Bertz CT molecular complexity index is 1200. The van der Waals surface area contributed by atoms with E-state index in [9.17, 15) is 13.2 Å². The number of rotatable bonds is 9. The van der Waals surface area contributed by atoms with Crippen LogP contribution in [0.15, 0.2) is 90.3 Å². The third kappa shape index (κ3) is 5.71. The number of carbonyl (C=O) groups is 1. The largest absolute Gasteiger partial charge is 0.352 e. The predicted octanol–water partition coefficient (Wildman–Crippen LogP) is 5.35. The first-order valence-corrected chi connectivity index (χ1v) is 12.0. The van der Waals surface area contributed by atoms with Gasteiger partial charge in [-0.1, -0.05) is 59.6 Å². The Morgan fingerprint density at radius 3 is 2.34 bits per heavy atom. The number of hydrogen-bond donors (Lipinski definition) is 1. The van der Waals surface area contributed by atoms with Gasteiger partial charge in [0.2, 0.25) is 0 Å². The van der Waals surface area contributed by atoms with Crippen LogP contribution in [-0.4, -0.2) is 27.4 Å². The lowest BCUT2D eigenvalue weighted by Crippen LogP contribution is -2.31. The van der Waals surface area contributed by atoms with Crippen LogP contribution in [0.25, 0.3) is 0 Å². The fourth-order valence-corrected chi connectivity index (χ4v) is 4.88. The second-order valence-corrected chi connectivity index (χ2v) is 9.64. The van der Waals surface area contributed by atoms with E-state index in [2.05, 4.69) is 11.9 Å². The zero-order valence-corrected chi connectivity index (χ0v) is 19.5. The van der Waals surface area contributed by atoms with E-state index in [4.69, 9.17) is 23.2 Å². The lowest BCUT2D eigenvalue weighted by molar-refractivity contribution is 0.0954. The van der Waals surface area contributed by atoms with Crippen LogP contribution >= 0.6 is 23.2 Å². The molecule has 5 nitrogen and oxygen atoms in total. The lowest BCUT2D eigenvalue weighted by Gasteiger charge is -2.23. The molecule has 8 heteroatoms. The van der Waals surface area contributed by atoms with Crippen molar-refractivity contribution < 1.29 is 13.2 Å². The molecule has 0 spiro atoms. The number of hydrogen-bond acceptors (Lipinski definition) is 3. The van der Waals surface area contributed by atoms with Crippen molar-refractivity contribution in [1.29, 1.82) is 0 Å². The second kappa shape index (κ2) is 10.7. The summed E-state index contributed by atoms with van der Waals surface area (Å²) in [6.45, 7) is 4.10. The number of nitrogens with zero attached hydrogens (tertiary/aromatic N) is 1. The van der Waals surface area contributed by atoms with E-state index in [1.54, 1.807) is 42.5 Å². The molecule has 1 amide bonds. The summed E-state index contributed by atoms with van der Waals surface area (Å²) in [6.07, 6.45) is 2.10. The fourth-order valence-electron chi connectivity index (χ4n) is 3.09. The highest BCUT2D eigenvalue weighted by atomic mass is 35.5. The van der Waals surface area contributed by atoms with Gasteiger partial charge in [0, 0.05) is 11.6 Å². The van der Waals surface area contributed by atoms with Gasteiger partial charge in [0.15, 0.2) is 0 Å². The van der Waals surface area contributed by atoms with Crippen molar-refractivity contribution >= 4 is 44.8 Å². The summed E-state index contributed by atoms with van der Waals surface area (Å²) in [5, 5.41) is 3.60. The average molecular weight is 489 g/mol. The maximum absolute atomic E-state index is 13.3. The maximum Gasteiger partial charge on any atom is 0.264 e. The summed E-state index contributed by atoms with van der Waals surface area (Å²) in [4.78, 5) is 12.7. The Hall–Kier alpha value is -2.80. The molecule has 3 aromatic carbocycles. The van der Waals surface area contributed by atoms with Crippen molar-refractivity contribution in [3.63, 3.8) is 0 Å². The van der Waals surface area contributed by atoms with Crippen molar-refractivity contribution in [2.24, 2.45) is 0 Å². The van der Waals surface area contributed by atoms with E-state index in [-0.39, 0.29) is 22.0 Å². The molecular weight excluding hydrogens is 467 g/mol. The number of nitrogens with one attached hydrogen (secondary N) is 1. The summed E-state index contributed by atoms with van der Waals surface area (Å²) in [6, 6.07) is 20.1. The highest BCUT2D eigenvalue weighted by Gasteiger charge is 2.25. The highest BCUT2D eigenvalue weighted by Crippen LogP contribution is 2.26. The molecule has 0 unspecified atom stereocenters. The molecule has 0 aliphatic rings. The molecule has 0 aromatic heterocycles. The Morgan fingerprint density at radius 1 is 1.00 bits per heavy atom. The van der Waals surface area contributed by atoms with Crippen LogP contribution < -0.4 is 9.62 Å². The van der Waals surface area contributed by atoms with E-state index in [0.717, 1.165) is 5.56 Å². The van der Waals surface area contributed by atoms with Gasteiger partial charge in [-0.2, -0.15) is 0 Å². The third-order valence-corrected chi connectivity index (χ3v) is 7.09. The second-order valence-electron chi connectivity index (χ2n) is 6.93. The molecule has 3 aromatic rings. The summed E-state index contributed by atoms with van der Waals surface area (Å²) in [5.41, 5.74) is 1.60. The highest BCUT2D eigenvalue weighted by molar-refractivity contribution is 7.92. The van der Waals surface area contributed by atoms with Gasteiger partial charge in [0.1, 0.15) is 0 Å². The first-order chi connectivity index (χ1) is 15.3. The number of amides is 1. The third-order valence-electron chi connectivity index (χ3n) is 4.72. The number of carbonyl (C=O) groups excluding carboxylic acids is 1. The van der Waals surface area contributed by atoms with Crippen molar-refractivity contribution in [3.8, 4) is 0 Å². The molecule has 0 heterocycles. The standard InChI is InChI=1S/C24H22Cl2N2O3S/c1-2-16-28(20-6-4-3-5-7-20)32(30,31)21-12-13-23(26)22(17-21)24(29)27-15-14-18-8-10-19(25)11-9-18/h2-13,17H,1,14-16H2,(H,27,29). The van der Waals surface area contributed by atoms with E-state index in [1.165, 1.54) is 28.6 Å². The number of benzene rings is 3. The minimum absolute atomic E-state index is 0.0320. The quantitative estimate of drug-likeness (QED) is 0.413. The minimum Gasteiger partial charge on any atom is -0.352 e. The fraction of sp³-hybridized carbons (Fsp3) is 0.125. The molecule has 0 atom stereocenters. The van der Waals surface area contributed by atoms with E-state index in [1.807, 2.05) is 12.1 Å². The van der Waals surface area contributed by atoms with Gasteiger partial charge in [-0.05, 0) is 54.4 Å². The zero-order valence-electron chi connectivity index (χ0n) is 17.2. The van der Waals surface area contributed by atoms with Crippen molar-refractivity contribution in [2.45, 2.75) is 11.3 Å². The Kier molecular flexibility index (Phi) is 7.96. The SMILES string of the molecule is C=CCN(c1ccccc1)S(=O)(=O)c1ccc(Cl)c(C(=O)NCCc2ccc(Cl)cc2)c1. The van der Waals surface area contributed by atoms with E-state index >= 15 is 0 Å². The van der Waals surface area contributed by atoms with Crippen LogP contribution in [0, 0.1) is 0 Å². The van der Waals surface area contributed by atoms with Crippen LogP contribution in [0.3, 0.4) is 0 Å². The average Bonchev–Trinajstić information content (AvgIpc) is 2.79. The molecule has 0 bridgehead atoms. The Morgan fingerprint density at radius 2 is 1.69 bits per heavy atom. The smallest absolute Gasteiger partial charge is 0.264 e. The minimum atomic E-state index is -3.95. The first-order valence-electron chi connectivity index (χ1n) is 9.84. The molecule has 0 aliphatic carbocycles. The van der Waals surface area contributed by atoms with Crippen molar-refractivity contribution in [2.75, 3.05) is 17.4 Å². The monoisotopic (exact) mass is 488 g/mol. The van der Waals surface area contributed by atoms with Crippen LogP contribution in [-0.2, 0) is 16.4 Å². The Balaban J connectivity index is 1.81. The normalized spacial score (nSPS) is 11.1. The predicted molar refractivity (Wildman–Crippen MR) is 130 cm³/mol. The molecule has 1 N–H and O–H groups in total. The first kappa shape index (κ1) is 23.9. The van der Waals surface area contributed by atoms with Crippen molar-refractivity contribution in [3.05, 3.63) is 107 Å². The summed E-state index contributed by atoms with van der Waals surface area (Å²) < 4.78 is 27.9. The molecule has 0 radical (unpaired) electrons. The number of sulfonamides is 1. The van der Waals surface area contributed by atoms with Gasteiger partial charge < -0.3 is 5.32 Å². The molecule has 0 saturated heterocycles. The van der Waals surface area contributed by atoms with Gasteiger partial charge in [-0.15, -0.1) is 6.58 Å². The van der Waals surface area contributed by atoms with Gasteiger partial charge >= 0.3 is 0 Å². The number of anilines is 1. The van der Waals surface area contributed by atoms with Crippen LogP contribution in [0.1, 0.15) is 15.9 Å².